The van der Waals surface area contributed by atoms with Gasteiger partial charge < -0.3 is 10.4 Å². The van der Waals surface area contributed by atoms with E-state index in [1.165, 1.54) is 4.68 Å². The first-order chi connectivity index (χ1) is 10.0. The molecular weight excluding hydrogens is 272 g/mol. The van der Waals surface area contributed by atoms with Gasteiger partial charge >= 0.3 is 5.97 Å². The second-order valence-electron chi connectivity index (χ2n) is 5.73. The van der Waals surface area contributed by atoms with E-state index >= 15 is 0 Å². The fourth-order valence-corrected chi connectivity index (χ4v) is 2.79. The van der Waals surface area contributed by atoms with Gasteiger partial charge in [-0.2, -0.15) is 0 Å². The van der Waals surface area contributed by atoms with Gasteiger partial charge in [-0.05, 0) is 38.0 Å². The smallest absolute Gasteiger partial charge is 0.358 e. The normalized spacial score (nSPS) is 22.0. The lowest BCUT2D eigenvalue weighted by molar-refractivity contribution is -0.122. The molecule has 7 nitrogen and oxygen atoms in total. The van der Waals surface area contributed by atoms with E-state index < -0.39 is 5.97 Å². The first-order valence-corrected chi connectivity index (χ1v) is 7.46. The maximum absolute atomic E-state index is 12.1. The minimum atomic E-state index is -1.11. The predicted octanol–water partition coefficient (Wildman–Crippen LogP) is 1.23. The maximum atomic E-state index is 12.1. The summed E-state index contributed by atoms with van der Waals surface area (Å²) in [6, 6.07) is 0.223. The highest BCUT2D eigenvalue weighted by Crippen LogP contribution is 2.23. The highest BCUT2D eigenvalue weighted by atomic mass is 16.4. The number of hydrogen-bond acceptors (Lipinski definition) is 4. The summed E-state index contributed by atoms with van der Waals surface area (Å²) < 4.78 is 1.38. The van der Waals surface area contributed by atoms with Crippen LogP contribution in [0.15, 0.2) is 0 Å². The molecule has 0 radical (unpaired) electrons. The Kier molecular flexibility index (Phi) is 4.93. The monoisotopic (exact) mass is 294 g/mol. The number of rotatable bonds is 5. The van der Waals surface area contributed by atoms with Crippen molar-refractivity contribution >= 4 is 11.9 Å². The summed E-state index contributed by atoms with van der Waals surface area (Å²) in [5, 5.41) is 19.4. The van der Waals surface area contributed by atoms with Crippen LogP contribution in [0.3, 0.4) is 0 Å². The zero-order valence-electron chi connectivity index (χ0n) is 12.5. The molecule has 1 saturated carbocycles. The lowest BCUT2D eigenvalue weighted by atomic mass is 9.87. The summed E-state index contributed by atoms with van der Waals surface area (Å²) in [7, 11) is 0. The van der Waals surface area contributed by atoms with Gasteiger partial charge in [-0.15, -0.1) is 5.10 Å². The van der Waals surface area contributed by atoms with Gasteiger partial charge in [0.2, 0.25) is 5.91 Å². The number of nitrogens with zero attached hydrogens (tertiary/aromatic N) is 3. The molecule has 1 aromatic heterocycles. The highest BCUT2D eigenvalue weighted by molar-refractivity contribution is 5.86. The number of amides is 1. The molecule has 1 aliphatic carbocycles. The van der Waals surface area contributed by atoms with Gasteiger partial charge in [-0.1, -0.05) is 19.1 Å². The topological polar surface area (TPSA) is 97.1 Å². The lowest BCUT2D eigenvalue weighted by Crippen LogP contribution is -2.39. The Balaban J connectivity index is 1.95. The predicted molar refractivity (Wildman–Crippen MR) is 75.9 cm³/mol. The van der Waals surface area contributed by atoms with E-state index in [1.807, 2.05) is 6.92 Å². The number of carbonyl (C=O) groups is 2. The molecule has 2 N–H and O–H groups in total. The van der Waals surface area contributed by atoms with Crippen molar-refractivity contribution in [3.05, 3.63) is 11.4 Å². The van der Waals surface area contributed by atoms with Crippen LogP contribution in [0.2, 0.25) is 0 Å². The second-order valence-corrected chi connectivity index (χ2v) is 5.73. The van der Waals surface area contributed by atoms with E-state index in [2.05, 4.69) is 22.6 Å². The van der Waals surface area contributed by atoms with Gasteiger partial charge in [0.15, 0.2) is 5.69 Å². The number of hydrogen-bond donors (Lipinski definition) is 2. The minimum Gasteiger partial charge on any atom is -0.476 e. The van der Waals surface area contributed by atoms with Crippen molar-refractivity contribution in [1.29, 1.82) is 0 Å². The number of carboxylic acids is 1. The van der Waals surface area contributed by atoms with Crippen molar-refractivity contribution in [1.82, 2.24) is 20.3 Å². The molecular formula is C14H22N4O3. The third-order valence-corrected chi connectivity index (χ3v) is 4.05. The first-order valence-electron chi connectivity index (χ1n) is 7.46. The fourth-order valence-electron chi connectivity index (χ4n) is 2.79. The summed E-state index contributed by atoms with van der Waals surface area (Å²) in [6.45, 7) is 4.08. The molecule has 0 unspecified atom stereocenters. The quantitative estimate of drug-likeness (QED) is 0.851. The maximum Gasteiger partial charge on any atom is 0.358 e. The Morgan fingerprint density at radius 2 is 2.00 bits per heavy atom. The van der Waals surface area contributed by atoms with Crippen molar-refractivity contribution in [3.63, 3.8) is 0 Å². The van der Waals surface area contributed by atoms with Gasteiger partial charge in [0.25, 0.3) is 0 Å². The Bertz CT molecular complexity index is 518. The van der Waals surface area contributed by atoms with Gasteiger partial charge in [0.1, 0.15) is 6.54 Å². The van der Waals surface area contributed by atoms with Crippen molar-refractivity contribution in [2.24, 2.45) is 5.92 Å². The SMILES string of the molecule is CCc1c(C(=O)O)nnn1CC(=O)NC1CCC(C)CC1. The fraction of sp³-hybridized carbons (Fsp3) is 0.714. The van der Waals surface area contributed by atoms with Crippen molar-refractivity contribution in [3.8, 4) is 0 Å². The first kappa shape index (κ1) is 15.5. The van der Waals surface area contributed by atoms with Crippen molar-refractivity contribution < 1.29 is 14.7 Å². The van der Waals surface area contributed by atoms with Gasteiger partial charge in [-0.25, -0.2) is 9.48 Å². The van der Waals surface area contributed by atoms with E-state index in [1.54, 1.807) is 0 Å². The molecule has 1 heterocycles. The van der Waals surface area contributed by atoms with E-state index in [-0.39, 0.29) is 24.2 Å². The van der Waals surface area contributed by atoms with Crippen molar-refractivity contribution in [2.75, 3.05) is 0 Å². The molecule has 0 atom stereocenters. The average molecular weight is 294 g/mol. The van der Waals surface area contributed by atoms with E-state index in [0.29, 0.717) is 12.1 Å². The van der Waals surface area contributed by atoms with Gasteiger partial charge in [0, 0.05) is 6.04 Å². The molecule has 116 valence electrons. The Morgan fingerprint density at radius 3 is 2.57 bits per heavy atom. The molecule has 0 bridgehead atoms. The summed E-state index contributed by atoms with van der Waals surface area (Å²) in [4.78, 5) is 23.1. The van der Waals surface area contributed by atoms with Crippen LogP contribution in [-0.2, 0) is 17.8 Å². The summed E-state index contributed by atoms with van der Waals surface area (Å²) >= 11 is 0. The van der Waals surface area contributed by atoms with Crippen LogP contribution in [0.1, 0.15) is 55.7 Å². The van der Waals surface area contributed by atoms with Crippen molar-refractivity contribution in [2.45, 2.75) is 58.5 Å². The van der Waals surface area contributed by atoms with E-state index in [0.717, 1.165) is 31.6 Å². The standard InChI is InChI=1S/C14H22N4O3/c1-3-11-13(14(20)21)16-17-18(11)8-12(19)15-10-6-4-9(2)5-7-10/h9-10H,3-8H2,1-2H3,(H,15,19)(H,20,21). The molecule has 0 aliphatic heterocycles. The van der Waals surface area contributed by atoms with Gasteiger partial charge in [-0.3, -0.25) is 4.79 Å². The third-order valence-electron chi connectivity index (χ3n) is 4.05. The van der Waals surface area contributed by atoms with Crippen LogP contribution in [0.4, 0.5) is 0 Å². The Hall–Kier alpha value is -1.92. The van der Waals surface area contributed by atoms with E-state index in [4.69, 9.17) is 5.11 Å². The summed E-state index contributed by atoms with van der Waals surface area (Å²) in [6.07, 6.45) is 4.76. The number of aromatic nitrogens is 3. The van der Waals surface area contributed by atoms with Crippen LogP contribution in [0.5, 0.6) is 0 Å². The molecule has 21 heavy (non-hydrogen) atoms. The molecule has 1 aliphatic rings. The second kappa shape index (κ2) is 6.69. The number of aromatic carboxylic acids is 1. The van der Waals surface area contributed by atoms with Crippen LogP contribution in [-0.4, -0.2) is 38.0 Å². The minimum absolute atomic E-state index is 0.0233. The molecule has 1 amide bonds. The molecule has 0 aromatic carbocycles. The van der Waals surface area contributed by atoms with Crippen LogP contribution in [0, 0.1) is 5.92 Å². The number of carboxylic acid groups (broad SMARTS) is 1. The molecule has 0 spiro atoms. The molecule has 0 saturated heterocycles. The Morgan fingerprint density at radius 1 is 1.33 bits per heavy atom. The highest BCUT2D eigenvalue weighted by Gasteiger charge is 2.22. The largest absolute Gasteiger partial charge is 0.476 e. The third kappa shape index (κ3) is 3.80. The summed E-state index contributed by atoms with van der Waals surface area (Å²) in [5.41, 5.74) is 0.409. The molecule has 2 rings (SSSR count). The van der Waals surface area contributed by atoms with Crippen LogP contribution >= 0.6 is 0 Å². The van der Waals surface area contributed by atoms with E-state index in [9.17, 15) is 9.59 Å². The van der Waals surface area contributed by atoms with Crippen LogP contribution < -0.4 is 5.32 Å². The van der Waals surface area contributed by atoms with Gasteiger partial charge in [0.05, 0.1) is 5.69 Å². The lowest BCUT2D eigenvalue weighted by Gasteiger charge is -2.26. The molecule has 1 fully saturated rings. The Labute approximate surface area is 123 Å². The molecule has 1 aromatic rings. The molecule has 7 heteroatoms. The number of carbonyl (C=O) groups excluding carboxylic acids is 1. The average Bonchev–Trinajstić information content (AvgIpc) is 2.84. The van der Waals surface area contributed by atoms with Crippen LogP contribution in [0.25, 0.3) is 0 Å². The summed E-state index contributed by atoms with van der Waals surface area (Å²) in [5.74, 6) is -0.510. The zero-order valence-corrected chi connectivity index (χ0v) is 12.5. The number of nitrogens with one attached hydrogen (secondary N) is 1. The zero-order chi connectivity index (χ0) is 15.4.